The van der Waals surface area contributed by atoms with E-state index in [9.17, 15) is 9.59 Å². The van der Waals surface area contributed by atoms with Gasteiger partial charge in [-0.15, -0.1) is 12.4 Å². The number of rotatable bonds is 5. The van der Waals surface area contributed by atoms with Gasteiger partial charge in [0.1, 0.15) is 0 Å². The molecule has 0 spiro atoms. The quantitative estimate of drug-likeness (QED) is 0.828. The van der Waals surface area contributed by atoms with E-state index >= 15 is 0 Å². The predicted octanol–water partition coefficient (Wildman–Crippen LogP) is 2.92. The molecule has 0 radical (unpaired) electrons. The van der Waals surface area contributed by atoms with Crippen molar-refractivity contribution in [3.8, 4) is 0 Å². The van der Waals surface area contributed by atoms with E-state index in [0.717, 1.165) is 18.4 Å². The minimum absolute atomic E-state index is 0. The SMILES string of the molecule is Cl.NC(CC(=O)NC1CCN(C(=O)c2ccccc2)CC1)c1ccccc1. The number of carbonyl (C=O) groups excluding carboxylic acids is 2. The normalized spacial score (nSPS) is 15.5. The molecule has 5 nitrogen and oxygen atoms in total. The van der Waals surface area contributed by atoms with Crippen LogP contribution in [-0.2, 0) is 4.79 Å². The molecule has 3 rings (SSSR count). The van der Waals surface area contributed by atoms with Crippen molar-refractivity contribution in [1.29, 1.82) is 0 Å². The maximum absolute atomic E-state index is 12.5. The van der Waals surface area contributed by atoms with Gasteiger partial charge in [0.15, 0.2) is 0 Å². The number of hydrogen-bond acceptors (Lipinski definition) is 3. The number of likely N-dealkylation sites (tertiary alicyclic amines) is 1. The molecule has 1 unspecified atom stereocenters. The van der Waals surface area contributed by atoms with Crippen LogP contribution in [-0.4, -0.2) is 35.8 Å². The lowest BCUT2D eigenvalue weighted by Crippen LogP contribution is -2.46. The third-order valence-corrected chi connectivity index (χ3v) is 4.80. The molecule has 2 aromatic rings. The molecular formula is C21H26ClN3O2. The van der Waals surface area contributed by atoms with E-state index in [2.05, 4.69) is 5.32 Å². The molecule has 2 aromatic carbocycles. The molecule has 0 aliphatic carbocycles. The summed E-state index contributed by atoms with van der Waals surface area (Å²) in [5.41, 5.74) is 7.79. The number of benzene rings is 2. The molecule has 0 aromatic heterocycles. The highest BCUT2D eigenvalue weighted by Crippen LogP contribution is 2.16. The zero-order valence-corrected chi connectivity index (χ0v) is 16.0. The number of amides is 2. The molecule has 27 heavy (non-hydrogen) atoms. The molecule has 144 valence electrons. The summed E-state index contributed by atoms with van der Waals surface area (Å²) in [6.45, 7) is 1.31. The Morgan fingerprint density at radius 1 is 1.00 bits per heavy atom. The zero-order valence-electron chi connectivity index (χ0n) is 15.2. The Bertz CT molecular complexity index is 732. The van der Waals surface area contributed by atoms with E-state index in [4.69, 9.17) is 5.73 Å². The number of nitrogens with two attached hydrogens (primary N) is 1. The van der Waals surface area contributed by atoms with Crippen LogP contribution in [0, 0.1) is 0 Å². The van der Waals surface area contributed by atoms with Crippen molar-refractivity contribution in [3.05, 3.63) is 71.8 Å². The van der Waals surface area contributed by atoms with Gasteiger partial charge in [-0.05, 0) is 30.5 Å². The first-order chi connectivity index (χ1) is 12.6. The summed E-state index contributed by atoms with van der Waals surface area (Å²) in [6.07, 6.45) is 1.81. The molecule has 0 saturated carbocycles. The van der Waals surface area contributed by atoms with Gasteiger partial charge in [0.2, 0.25) is 5.91 Å². The number of hydrogen-bond donors (Lipinski definition) is 2. The summed E-state index contributed by atoms with van der Waals surface area (Å²) >= 11 is 0. The second kappa shape index (κ2) is 10.1. The van der Waals surface area contributed by atoms with Gasteiger partial charge in [-0.1, -0.05) is 48.5 Å². The highest BCUT2D eigenvalue weighted by Gasteiger charge is 2.25. The predicted molar refractivity (Wildman–Crippen MR) is 109 cm³/mol. The van der Waals surface area contributed by atoms with E-state index in [1.807, 2.05) is 65.6 Å². The van der Waals surface area contributed by atoms with Crippen LogP contribution < -0.4 is 11.1 Å². The fraction of sp³-hybridized carbons (Fsp3) is 0.333. The Morgan fingerprint density at radius 2 is 1.56 bits per heavy atom. The van der Waals surface area contributed by atoms with Crippen molar-refractivity contribution < 1.29 is 9.59 Å². The third-order valence-electron chi connectivity index (χ3n) is 4.80. The standard InChI is InChI=1S/C21H25N3O2.ClH/c22-19(16-7-3-1-4-8-16)15-20(25)23-18-11-13-24(14-12-18)21(26)17-9-5-2-6-10-17;/h1-10,18-19H,11-15,22H2,(H,23,25);1H. The number of nitrogens with zero attached hydrogens (tertiary/aromatic N) is 1. The summed E-state index contributed by atoms with van der Waals surface area (Å²) < 4.78 is 0. The largest absolute Gasteiger partial charge is 0.353 e. The van der Waals surface area contributed by atoms with Crippen LogP contribution in [0.1, 0.15) is 41.2 Å². The van der Waals surface area contributed by atoms with Crippen molar-refractivity contribution in [2.24, 2.45) is 5.73 Å². The molecule has 1 aliphatic heterocycles. The van der Waals surface area contributed by atoms with E-state index in [1.165, 1.54) is 0 Å². The number of carbonyl (C=O) groups is 2. The first kappa shape index (κ1) is 20.9. The molecule has 1 aliphatic rings. The average Bonchev–Trinajstić information content (AvgIpc) is 2.69. The number of piperidine rings is 1. The van der Waals surface area contributed by atoms with Crippen LogP contribution >= 0.6 is 12.4 Å². The summed E-state index contributed by atoms with van der Waals surface area (Å²) in [5.74, 6) is 0.0238. The van der Waals surface area contributed by atoms with Gasteiger partial charge in [-0.25, -0.2) is 0 Å². The fourth-order valence-corrected chi connectivity index (χ4v) is 3.29. The summed E-state index contributed by atoms with van der Waals surface area (Å²) in [5, 5.41) is 3.06. The van der Waals surface area contributed by atoms with Crippen LogP contribution in [0.4, 0.5) is 0 Å². The summed E-state index contributed by atoms with van der Waals surface area (Å²) in [6, 6.07) is 18.8. The molecule has 6 heteroatoms. The molecule has 1 fully saturated rings. The number of halogens is 1. The zero-order chi connectivity index (χ0) is 18.4. The maximum Gasteiger partial charge on any atom is 0.253 e. The third kappa shape index (κ3) is 5.81. The summed E-state index contributed by atoms with van der Waals surface area (Å²) in [7, 11) is 0. The van der Waals surface area contributed by atoms with Gasteiger partial charge in [-0.2, -0.15) is 0 Å². The van der Waals surface area contributed by atoms with Crippen LogP contribution in [0.5, 0.6) is 0 Å². The van der Waals surface area contributed by atoms with Crippen molar-refractivity contribution in [1.82, 2.24) is 10.2 Å². The van der Waals surface area contributed by atoms with Gasteiger partial charge >= 0.3 is 0 Å². The minimum Gasteiger partial charge on any atom is -0.353 e. The molecular weight excluding hydrogens is 362 g/mol. The Kier molecular flexibility index (Phi) is 7.82. The topological polar surface area (TPSA) is 75.4 Å². The highest BCUT2D eigenvalue weighted by atomic mass is 35.5. The lowest BCUT2D eigenvalue weighted by atomic mass is 10.0. The van der Waals surface area contributed by atoms with Gasteiger partial charge in [0.05, 0.1) is 0 Å². The lowest BCUT2D eigenvalue weighted by molar-refractivity contribution is -0.122. The second-order valence-corrected chi connectivity index (χ2v) is 6.72. The highest BCUT2D eigenvalue weighted by molar-refractivity contribution is 5.94. The van der Waals surface area contributed by atoms with E-state index in [-0.39, 0.29) is 42.7 Å². The van der Waals surface area contributed by atoms with Gasteiger partial charge in [-0.3, -0.25) is 9.59 Å². The van der Waals surface area contributed by atoms with E-state index in [0.29, 0.717) is 18.7 Å². The van der Waals surface area contributed by atoms with E-state index in [1.54, 1.807) is 0 Å². The number of nitrogens with one attached hydrogen (secondary N) is 1. The van der Waals surface area contributed by atoms with Crippen LogP contribution in [0.15, 0.2) is 60.7 Å². The Labute approximate surface area is 166 Å². The van der Waals surface area contributed by atoms with Gasteiger partial charge in [0.25, 0.3) is 5.91 Å². The average molecular weight is 388 g/mol. The lowest BCUT2D eigenvalue weighted by Gasteiger charge is -2.32. The fourth-order valence-electron chi connectivity index (χ4n) is 3.29. The molecule has 2 amide bonds. The molecule has 1 heterocycles. The first-order valence-electron chi connectivity index (χ1n) is 9.07. The van der Waals surface area contributed by atoms with Crippen molar-refractivity contribution in [2.75, 3.05) is 13.1 Å². The van der Waals surface area contributed by atoms with Crippen molar-refractivity contribution in [2.45, 2.75) is 31.3 Å². The Balaban J connectivity index is 0.00000261. The Hall–Kier alpha value is -2.37. The molecule has 0 bridgehead atoms. The van der Waals surface area contributed by atoms with Crippen LogP contribution in [0.3, 0.4) is 0 Å². The minimum atomic E-state index is -0.295. The Morgan fingerprint density at radius 3 is 2.15 bits per heavy atom. The molecule has 1 atom stereocenters. The molecule has 3 N–H and O–H groups in total. The van der Waals surface area contributed by atoms with Gasteiger partial charge in [0, 0.05) is 37.2 Å². The van der Waals surface area contributed by atoms with Gasteiger partial charge < -0.3 is 16.0 Å². The van der Waals surface area contributed by atoms with Crippen LogP contribution in [0.25, 0.3) is 0 Å². The monoisotopic (exact) mass is 387 g/mol. The second-order valence-electron chi connectivity index (χ2n) is 6.72. The van der Waals surface area contributed by atoms with Crippen LogP contribution in [0.2, 0.25) is 0 Å². The smallest absolute Gasteiger partial charge is 0.253 e. The molecule has 1 saturated heterocycles. The first-order valence-corrected chi connectivity index (χ1v) is 9.07. The van der Waals surface area contributed by atoms with Crippen molar-refractivity contribution in [3.63, 3.8) is 0 Å². The van der Waals surface area contributed by atoms with Crippen molar-refractivity contribution >= 4 is 24.2 Å². The summed E-state index contributed by atoms with van der Waals surface area (Å²) in [4.78, 5) is 26.6. The maximum atomic E-state index is 12.5. The van der Waals surface area contributed by atoms with E-state index < -0.39 is 0 Å².